The van der Waals surface area contributed by atoms with Gasteiger partial charge in [0.1, 0.15) is 0 Å². The Labute approximate surface area is 115 Å². The molecule has 0 saturated heterocycles. The lowest BCUT2D eigenvalue weighted by molar-refractivity contribution is -0.138. The van der Waals surface area contributed by atoms with Gasteiger partial charge >= 0.3 is 6.18 Å². The molecule has 7 heteroatoms. The van der Waals surface area contributed by atoms with Crippen LogP contribution in [0.2, 0.25) is 0 Å². The van der Waals surface area contributed by atoms with Crippen LogP contribution >= 0.6 is 0 Å². The van der Waals surface area contributed by atoms with Crippen molar-refractivity contribution in [3.63, 3.8) is 0 Å². The molecule has 0 aliphatic carbocycles. The predicted molar refractivity (Wildman–Crippen MR) is 69.3 cm³/mol. The van der Waals surface area contributed by atoms with E-state index in [0.717, 1.165) is 6.07 Å². The first-order valence-electron chi connectivity index (χ1n) is 5.89. The molecule has 0 radical (unpaired) electrons. The molecule has 1 aromatic carbocycles. The second-order valence-electron chi connectivity index (χ2n) is 4.64. The number of likely N-dealkylation sites (N-methyl/N-ethyl adjacent to an activating group) is 2. The average molecular weight is 290 g/mol. The number of carbonyl (C=O) groups excluding carboxylic acids is 1. The van der Waals surface area contributed by atoms with E-state index in [1.807, 2.05) is 0 Å². The van der Waals surface area contributed by atoms with Gasteiger partial charge in [-0.3, -0.25) is 4.79 Å². The minimum atomic E-state index is -4.54. The SMILES string of the molecule is CN(C)C(=O)CN(C)c1ccc(CO)c(C(F)(F)F)c1. The van der Waals surface area contributed by atoms with E-state index in [4.69, 9.17) is 5.11 Å². The van der Waals surface area contributed by atoms with Gasteiger partial charge in [-0.2, -0.15) is 13.2 Å². The highest BCUT2D eigenvalue weighted by molar-refractivity contribution is 5.80. The van der Waals surface area contributed by atoms with Gasteiger partial charge in [-0.1, -0.05) is 6.07 Å². The fourth-order valence-electron chi connectivity index (χ4n) is 1.64. The van der Waals surface area contributed by atoms with E-state index < -0.39 is 18.3 Å². The molecular formula is C13H17F3N2O2. The molecule has 1 N–H and O–H groups in total. The molecular weight excluding hydrogens is 273 g/mol. The average Bonchev–Trinajstić information content (AvgIpc) is 2.36. The molecule has 112 valence electrons. The third-order valence-electron chi connectivity index (χ3n) is 2.88. The molecule has 0 aliphatic heterocycles. The van der Waals surface area contributed by atoms with E-state index in [9.17, 15) is 18.0 Å². The predicted octanol–water partition coefficient (Wildman–Crippen LogP) is 1.72. The van der Waals surface area contributed by atoms with Gasteiger partial charge in [0.2, 0.25) is 5.91 Å². The highest BCUT2D eigenvalue weighted by atomic mass is 19.4. The number of nitrogens with zero attached hydrogens (tertiary/aromatic N) is 2. The molecule has 0 unspecified atom stereocenters. The fraction of sp³-hybridized carbons (Fsp3) is 0.462. The summed E-state index contributed by atoms with van der Waals surface area (Å²) in [6, 6.07) is 3.60. The number of aliphatic hydroxyl groups excluding tert-OH is 1. The molecule has 4 nitrogen and oxygen atoms in total. The monoisotopic (exact) mass is 290 g/mol. The Morgan fingerprint density at radius 3 is 2.30 bits per heavy atom. The van der Waals surface area contributed by atoms with E-state index in [2.05, 4.69) is 0 Å². The van der Waals surface area contributed by atoms with Crippen LogP contribution in [0.4, 0.5) is 18.9 Å². The van der Waals surface area contributed by atoms with Crippen molar-refractivity contribution in [3.05, 3.63) is 29.3 Å². The van der Waals surface area contributed by atoms with Gasteiger partial charge in [0.05, 0.1) is 18.7 Å². The normalized spacial score (nSPS) is 11.3. The molecule has 0 aliphatic rings. The molecule has 0 spiro atoms. The minimum absolute atomic E-state index is 0.0250. The Morgan fingerprint density at radius 1 is 1.25 bits per heavy atom. The number of aliphatic hydroxyl groups is 1. The quantitative estimate of drug-likeness (QED) is 0.918. The third kappa shape index (κ3) is 3.86. The van der Waals surface area contributed by atoms with Gasteiger partial charge in [-0.15, -0.1) is 0 Å². The Kier molecular flexibility index (Phi) is 4.99. The van der Waals surface area contributed by atoms with Crippen LogP contribution in [0, 0.1) is 0 Å². The maximum Gasteiger partial charge on any atom is 0.416 e. The Bertz CT molecular complexity index is 487. The Morgan fingerprint density at radius 2 is 1.85 bits per heavy atom. The van der Waals surface area contributed by atoms with Crippen molar-refractivity contribution in [2.75, 3.05) is 32.6 Å². The number of alkyl halides is 3. The molecule has 0 atom stereocenters. The molecule has 0 aromatic heterocycles. The van der Waals surface area contributed by atoms with E-state index in [-0.39, 0.29) is 23.7 Å². The number of hydrogen-bond acceptors (Lipinski definition) is 3. The highest BCUT2D eigenvalue weighted by Gasteiger charge is 2.33. The Balaban J connectivity index is 3.06. The summed E-state index contributed by atoms with van der Waals surface area (Å²) >= 11 is 0. The number of carbonyl (C=O) groups is 1. The van der Waals surface area contributed by atoms with Gasteiger partial charge in [0, 0.05) is 26.8 Å². The first kappa shape index (κ1) is 16.3. The maximum absolute atomic E-state index is 12.9. The standard InChI is InChI=1S/C13H17F3N2O2/c1-17(2)12(20)7-18(3)10-5-4-9(8-19)11(6-10)13(14,15)16/h4-6,19H,7-8H2,1-3H3. The molecule has 0 saturated carbocycles. The molecule has 1 amide bonds. The van der Waals surface area contributed by atoms with Crippen molar-refractivity contribution in [1.29, 1.82) is 0 Å². The zero-order valence-corrected chi connectivity index (χ0v) is 11.5. The van der Waals surface area contributed by atoms with E-state index in [1.165, 1.54) is 29.0 Å². The topological polar surface area (TPSA) is 43.8 Å². The molecule has 20 heavy (non-hydrogen) atoms. The second kappa shape index (κ2) is 6.13. The largest absolute Gasteiger partial charge is 0.416 e. The van der Waals surface area contributed by atoms with Gasteiger partial charge in [-0.05, 0) is 17.7 Å². The smallest absolute Gasteiger partial charge is 0.392 e. The van der Waals surface area contributed by atoms with Crippen LogP contribution in [0.25, 0.3) is 0 Å². The van der Waals surface area contributed by atoms with Gasteiger partial charge in [0.15, 0.2) is 0 Å². The van der Waals surface area contributed by atoms with Crippen molar-refractivity contribution in [1.82, 2.24) is 4.90 Å². The van der Waals surface area contributed by atoms with Crippen LogP contribution < -0.4 is 4.90 Å². The Hall–Kier alpha value is -1.76. The third-order valence-corrected chi connectivity index (χ3v) is 2.88. The lowest BCUT2D eigenvalue weighted by Crippen LogP contribution is -2.34. The summed E-state index contributed by atoms with van der Waals surface area (Å²) in [7, 11) is 4.69. The van der Waals surface area contributed by atoms with Crippen molar-refractivity contribution >= 4 is 11.6 Å². The van der Waals surface area contributed by atoms with Gasteiger partial charge < -0.3 is 14.9 Å². The first-order chi connectivity index (χ1) is 9.16. The molecule has 0 heterocycles. The molecule has 0 fully saturated rings. The number of benzene rings is 1. The van der Waals surface area contributed by atoms with Crippen molar-refractivity contribution in [2.24, 2.45) is 0 Å². The highest BCUT2D eigenvalue weighted by Crippen LogP contribution is 2.34. The molecule has 1 aromatic rings. The maximum atomic E-state index is 12.9. The number of rotatable bonds is 4. The number of anilines is 1. The summed E-state index contributed by atoms with van der Waals surface area (Å²) < 4.78 is 38.6. The number of amides is 1. The summed E-state index contributed by atoms with van der Waals surface area (Å²) in [5, 5.41) is 8.96. The lowest BCUT2D eigenvalue weighted by Gasteiger charge is -2.22. The van der Waals surface area contributed by atoms with Crippen LogP contribution in [0.1, 0.15) is 11.1 Å². The van der Waals surface area contributed by atoms with Crippen LogP contribution in [-0.4, -0.2) is 43.6 Å². The van der Waals surface area contributed by atoms with E-state index in [0.29, 0.717) is 0 Å². The van der Waals surface area contributed by atoms with E-state index >= 15 is 0 Å². The van der Waals surface area contributed by atoms with E-state index in [1.54, 1.807) is 14.1 Å². The van der Waals surface area contributed by atoms with Crippen LogP contribution in [0.5, 0.6) is 0 Å². The summed E-state index contributed by atoms with van der Waals surface area (Å²) in [6.45, 7) is -0.710. The van der Waals surface area contributed by atoms with Crippen LogP contribution in [0.3, 0.4) is 0 Å². The molecule has 1 rings (SSSR count). The van der Waals surface area contributed by atoms with Crippen molar-refractivity contribution in [3.8, 4) is 0 Å². The number of halogens is 3. The number of hydrogen-bond donors (Lipinski definition) is 1. The first-order valence-corrected chi connectivity index (χ1v) is 5.89. The summed E-state index contributed by atoms with van der Waals surface area (Å²) in [5.41, 5.74) is -0.806. The fourth-order valence-corrected chi connectivity index (χ4v) is 1.64. The zero-order chi connectivity index (χ0) is 15.5. The van der Waals surface area contributed by atoms with Gasteiger partial charge in [-0.25, -0.2) is 0 Å². The summed E-state index contributed by atoms with van der Waals surface area (Å²) in [5.74, 6) is -0.215. The minimum Gasteiger partial charge on any atom is -0.392 e. The summed E-state index contributed by atoms with van der Waals surface area (Å²) in [6.07, 6.45) is -4.54. The zero-order valence-electron chi connectivity index (χ0n) is 11.5. The summed E-state index contributed by atoms with van der Waals surface area (Å²) in [4.78, 5) is 14.3. The lowest BCUT2D eigenvalue weighted by atomic mass is 10.1. The van der Waals surface area contributed by atoms with Crippen molar-refractivity contribution < 1.29 is 23.1 Å². The van der Waals surface area contributed by atoms with Crippen LogP contribution in [0.15, 0.2) is 18.2 Å². The van der Waals surface area contributed by atoms with Crippen LogP contribution in [-0.2, 0) is 17.6 Å². The van der Waals surface area contributed by atoms with Gasteiger partial charge in [0.25, 0.3) is 0 Å². The molecule has 0 bridgehead atoms. The second-order valence-corrected chi connectivity index (χ2v) is 4.64. The van der Waals surface area contributed by atoms with Crippen molar-refractivity contribution in [2.45, 2.75) is 12.8 Å².